The Morgan fingerprint density at radius 1 is 0.976 bits per heavy atom. The first-order valence-electron chi connectivity index (χ1n) is 13.2. The predicted molar refractivity (Wildman–Crippen MR) is 136 cm³/mol. The van der Waals surface area contributed by atoms with Gasteiger partial charge in [-0.3, -0.25) is 0 Å². The molecule has 1 aromatic heterocycles. The Bertz CT molecular complexity index is 1340. The fourth-order valence-electron chi connectivity index (χ4n) is 4.52. The van der Waals surface area contributed by atoms with E-state index in [0.29, 0.717) is 29.9 Å². The summed E-state index contributed by atoms with van der Waals surface area (Å²) < 4.78 is 100. The number of oxazole rings is 1. The molecule has 3 aromatic rings. The van der Waals surface area contributed by atoms with Gasteiger partial charge in [-0.2, -0.15) is 26.3 Å². The first kappa shape index (κ1) is 31.5. The van der Waals surface area contributed by atoms with Crippen LogP contribution in [0.1, 0.15) is 53.8 Å². The van der Waals surface area contributed by atoms with E-state index in [1.807, 2.05) is 0 Å². The molecule has 3 atom stereocenters. The number of carbonyl (C=O) groups is 1. The summed E-state index contributed by atoms with van der Waals surface area (Å²) in [7, 11) is 0. The van der Waals surface area contributed by atoms with Crippen molar-refractivity contribution in [3.63, 3.8) is 0 Å². The number of hydrogen-bond acceptors (Lipinski definition) is 6. The van der Waals surface area contributed by atoms with Gasteiger partial charge in [0.05, 0.1) is 43.2 Å². The summed E-state index contributed by atoms with van der Waals surface area (Å²) in [5.41, 5.74) is -0.586. The number of aliphatic carboxylic acids is 1. The lowest BCUT2D eigenvalue weighted by molar-refractivity contribution is -0.159. The molecule has 42 heavy (non-hydrogen) atoms. The fourth-order valence-corrected chi connectivity index (χ4v) is 4.52. The van der Waals surface area contributed by atoms with Gasteiger partial charge in [0.25, 0.3) is 0 Å². The van der Waals surface area contributed by atoms with Gasteiger partial charge in [-0.1, -0.05) is 18.2 Å². The van der Waals surface area contributed by atoms with Gasteiger partial charge in [0, 0.05) is 5.56 Å². The van der Waals surface area contributed by atoms with Gasteiger partial charge in [-0.05, 0) is 68.5 Å². The van der Waals surface area contributed by atoms with E-state index in [9.17, 15) is 36.2 Å². The molecule has 0 radical (unpaired) electrons. The number of ether oxygens (including phenoxy) is 3. The van der Waals surface area contributed by atoms with Crippen LogP contribution in [0.25, 0.3) is 11.5 Å². The predicted octanol–water partition coefficient (Wildman–Crippen LogP) is 7.20. The zero-order valence-corrected chi connectivity index (χ0v) is 22.5. The highest BCUT2D eigenvalue weighted by Gasteiger charge is 2.32. The first-order chi connectivity index (χ1) is 19.8. The quantitative estimate of drug-likeness (QED) is 0.233. The number of carboxylic acids is 1. The van der Waals surface area contributed by atoms with Crippen molar-refractivity contribution in [2.24, 2.45) is 0 Å². The maximum absolute atomic E-state index is 13.1. The highest BCUT2D eigenvalue weighted by molar-refractivity contribution is 5.72. The van der Waals surface area contributed by atoms with Gasteiger partial charge in [-0.15, -0.1) is 0 Å². The second kappa shape index (κ2) is 13.3. The minimum absolute atomic E-state index is 0.0538. The van der Waals surface area contributed by atoms with Crippen LogP contribution in [0.4, 0.5) is 26.3 Å². The lowest BCUT2D eigenvalue weighted by atomic mass is 9.95. The van der Waals surface area contributed by atoms with Gasteiger partial charge < -0.3 is 23.7 Å². The third-order valence-corrected chi connectivity index (χ3v) is 6.85. The van der Waals surface area contributed by atoms with Gasteiger partial charge in [0.15, 0.2) is 6.10 Å². The molecular weight excluding hydrogens is 572 g/mol. The molecule has 0 spiro atoms. The van der Waals surface area contributed by atoms with Crippen molar-refractivity contribution in [1.82, 2.24) is 4.98 Å². The summed E-state index contributed by atoms with van der Waals surface area (Å²) in [6.45, 7) is 1.26. The normalized spacial score (nSPS) is 18.6. The monoisotopic (exact) mass is 601 g/mol. The van der Waals surface area contributed by atoms with Gasteiger partial charge in [0.2, 0.25) is 5.89 Å². The molecule has 1 N–H and O–H groups in total. The number of alkyl halides is 6. The molecule has 0 aliphatic heterocycles. The molecular formula is C29H29F6NO6. The Morgan fingerprint density at radius 3 is 2.29 bits per heavy atom. The molecule has 1 aliphatic carbocycles. The number of hydrogen-bond donors (Lipinski definition) is 1. The fraction of sp³-hybridized carbons (Fsp3) is 0.448. The van der Waals surface area contributed by atoms with Crippen LogP contribution in [0.15, 0.2) is 52.9 Å². The van der Waals surface area contributed by atoms with Crippen LogP contribution in [-0.2, 0) is 44.6 Å². The maximum Gasteiger partial charge on any atom is 0.416 e. The number of carboxylic acid groups (broad SMARTS) is 1. The van der Waals surface area contributed by atoms with E-state index in [4.69, 9.17) is 18.6 Å². The van der Waals surface area contributed by atoms with Gasteiger partial charge in [-0.25, -0.2) is 9.78 Å². The number of aromatic nitrogens is 1. The van der Waals surface area contributed by atoms with Crippen LogP contribution < -0.4 is 0 Å². The number of aryl methyl sites for hydroxylation is 1. The van der Waals surface area contributed by atoms with E-state index in [2.05, 4.69) is 4.98 Å². The molecule has 0 saturated heterocycles. The summed E-state index contributed by atoms with van der Waals surface area (Å²) in [5.74, 6) is -0.790. The molecule has 0 bridgehead atoms. The van der Waals surface area contributed by atoms with Crippen LogP contribution in [0, 0.1) is 6.92 Å². The van der Waals surface area contributed by atoms with Gasteiger partial charge in [0.1, 0.15) is 11.5 Å². The smallest absolute Gasteiger partial charge is 0.416 e. The molecule has 2 aromatic carbocycles. The molecule has 1 aliphatic rings. The van der Waals surface area contributed by atoms with Crippen LogP contribution in [0.5, 0.6) is 0 Å². The van der Waals surface area contributed by atoms with Crippen LogP contribution >= 0.6 is 0 Å². The minimum atomic E-state index is -4.49. The summed E-state index contributed by atoms with van der Waals surface area (Å²) in [6.07, 6.45) is -8.19. The van der Waals surface area contributed by atoms with Gasteiger partial charge >= 0.3 is 18.3 Å². The van der Waals surface area contributed by atoms with Crippen molar-refractivity contribution in [3.05, 3.63) is 76.7 Å². The van der Waals surface area contributed by atoms with E-state index in [1.54, 1.807) is 6.92 Å². The molecule has 13 heteroatoms. The van der Waals surface area contributed by atoms with Crippen LogP contribution in [-0.4, -0.2) is 41.0 Å². The third-order valence-electron chi connectivity index (χ3n) is 6.85. The lowest BCUT2D eigenvalue weighted by Crippen LogP contribution is -2.34. The Balaban J connectivity index is 1.27. The van der Waals surface area contributed by atoms with Crippen molar-refractivity contribution < 1.29 is 54.9 Å². The molecule has 3 unspecified atom stereocenters. The number of halogens is 6. The summed E-state index contributed by atoms with van der Waals surface area (Å²) >= 11 is 0. The molecule has 4 rings (SSSR count). The number of benzene rings is 2. The van der Waals surface area contributed by atoms with Crippen molar-refractivity contribution >= 4 is 5.97 Å². The van der Waals surface area contributed by atoms with E-state index in [1.165, 1.54) is 24.3 Å². The summed E-state index contributed by atoms with van der Waals surface area (Å²) in [5, 5.41) is 9.51. The second-order valence-electron chi connectivity index (χ2n) is 9.99. The lowest BCUT2D eigenvalue weighted by Gasteiger charge is -2.29. The average Bonchev–Trinajstić information content (AvgIpc) is 3.31. The topological polar surface area (TPSA) is 91.0 Å². The molecule has 1 heterocycles. The van der Waals surface area contributed by atoms with Crippen LogP contribution in [0.2, 0.25) is 0 Å². The summed E-state index contributed by atoms with van der Waals surface area (Å²) in [4.78, 5) is 16.0. The SMILES string of the molecule is Cc1oc(-c2cccc(C(F)(F)F)c2)nc1COC1CCCC(OCC(OCc2ccc(C(F)(F)F)cc2)C(=O)O)C1. The third kappa shape index (κ3) is 8.55. The van der Waals surface area contributed by atoms with Crippen molar-refractivity contribution in [1.29, 1.82) is 0 Å². The minimum Gasteiger partial charge on any atom is -0.479 e. The highest BCUT2D eigenvalue weighted by Crippen LogP contribution is 2.33. The molecule has 0 amide bonds. The largest absolute Gasteiger partial charge is 0.479 e. The van der Waals surface area contributed by atoms with Crippen molar-refractivity contribution in [3.8, 4) is 11.5 Å². The first-order valence-corrected chi connectivity index (χ1v) is 13.2. The highest BCUT2D eigenvalue weighted by atomic mass is 19.4. The van der Waals surface area contributed by atoms with E-state index < -0.39 is 35.6 Å². The molecule has 1 fully saturated rings. The van der Waals surface area contributed by atoms with Crippen molar-refractivity contribution in [2.45, 2.75) is 76.5 Å². The maximum atomic E-state index is 13.1. The standard InChI is InChI=1S/C29H29F6NO6/c1-17-24(36-26(42-17)19-4-2-5-21(12-19)29(33,34)35)15-39-22-6-3-7-23(13-22)40-16-25(27(37)38)41-14-18-8-10-20(11-9-18)28(30,31)32/h2,4-5,8-12,22-23,25H,3,6-7,13-16H2,1H3,(H,37,38). The van der Waals surface area contributed by atoms with E-state index >= 15 is 0 Å². The number of nitrogens with zero attached hydrogens (tertiary/aromatic N) is 1. The zero-order chi connectivity index (χ0) is 30.5. The molecule has 7 nitrogen and oxygen atoms in total. The molecule has 1 saturated carbocycles. The Morgan fingerprint density at radius 2 is 1.64 bits per heavy atom. The summed E-state index contributed by atoms with van der Waals surface area (Å²) in [6, 6.07) is 8.96. The Hall–Kier alpha value is -3.42. The zero-order valence-electron chi connectivity index (χ0n) is 22.5. The van der Waals surface area contributed by atoms with Crippen LogP contribution in [0.3, 0.4) is 0 Å². The Kier molecular flexibility index (Phi) is 9.95. The van der Waals surface area contributed by atoms with E-state index in [0.717, 1.165) is 37.1 Å². The number of rotatable bonds is 11. The average molecular weight is 602 g/mol. The second-order valence-corrected chi connectivity index (χ2v) is 9.99. The Labute approximate surface area is 237 Å². The van der Waals surface area contributed by atoms with E-state index in [-0.39, 0.29) is 43.5 Å². The van der Waals surface area contributed by atoms with Crippen molar-refractivity contribution in [2.75, 3.05) is 6.61 Å². The molecule has 228 valence electrons.